The molecule has 0 heterocycles. The van der Waals surface area contributed by atoms with Gasteiger partial charge in [-0.15, -0.1) is 0 Å². The zero-order valence-electron chi connectivity index (χ0n) is 13.2. The second kappa shape index (κ2) is 8.48. The van der Waals surface area contributed by atoms with Crippen molar-refractivity contribution in [2.24, 2.45) is 5.92 Å². The minimum absolute atomic E-state index is 0.138. The van der Waals surface area contributed by atoms with Crippen LogP contribution in [0, 0.1) is 5.92 Å². The average molecular weight is 314 g/mol. The van der Waals surface area contributed by atoms with Crippen LogP contribution in [0.15, 0.2) is 29.2 Å². The summed E-state index contributed by atoms with van der Waals surface area (Å²) in [7, 11) is -1.84. The number of sulfonamides is 1. The molecular formula is C15H26N2O3S. The Bertz CT molecular complexity index is 512. The van der Waals surface area contributed by atoms with E-state index in [2.05, 4.69) is 23.9 Å². The van der Waals surface area contributed by atoms with Crippen LogP contribution >= 0.6 is 0 Å². The normalized spacial score (nSPS) is 13.6. The summed E-state index contributed by atoms with van der Waals surface area (Å²) in [6, 6.07) is 7.35. The number of hydrogen-bond donors (Lipinski definition) is 2. The Morgan fingerprint density at radius 3 is 2.29 bits per heavy atom. The van der Waals surface area contributed by atoms with E-state index in [1.165, 1.54) is 0 Å². The topological polar surface area (TPSA) is 67.4 Å². The molecule has 21 heavy (non-hydrogen) atoms. The van der Waals surface area contributed by atoms with Gasteiger partial charge in [0.25, 0.3) is 0 Å². The lowest BCUT2D eigenvalue weighted by atomic mass is 10.2. The van der Waals surface area contributed by atoms with Gasteiger partial charge in [-0.05, 0) is 23.6 Å². The van der Waals surface area contributed by atoms with Crippen molar-refractivity contribution in [2.45, 2.75) is 38.3 Å². The molecule has 0 aromatic heterocycles. The van der Waals surface area contributed by atoms with Gasteiger partial charge in [0.2, 0.25) is 10.0 Å². The molecule has 1 aromatic rings. The first-order chi connectivity index (χ1) is 9.85. The lowest BCUT2D eigenvalue weighted by molar-refractivity contribution is 0.161. The number of nitrogens with one attached hydrogen (secondary N) is 2. The summed E-state index contributed by atoms with van der Waals surface area (Å²) in [5.41, 5.74) is 1.07. The highest BCUT2D eigenvalue weighted by Crippen LogP contribution is 2.11. The Morgan fingerprint density at radius 2 is 1.76 bits per heavy atom. The number of ether oxygens (including phenoxy) is 1. The Morgan fingerprint density at radius 1 is 1.14 bits per heavy atom. The van der Waals surface area contributed by atoms with Gasteiger partial charge >= 0.3 is 0 Å². The quantitative estimate of drug-likeness (QED) is 0.729. The van der Waals surface area contributed by atoms with E-state index in [0.29, 0.717) is 24.1 Å². The number of benzene rings is 1. The highest BCUT2D eigenvalue weighted by Gasteiger charge is 2.15. The Hall–Kier alpha value is -0.950. The van der Waals surface area contributed by atoms with Gasteiger partial charge in [-0.25, -0.2) is 13.1 Å². The first-order valence-electron chi connectivity index (χ1n) is 7.16. The molecular weight excluding hydrogens is 288 g/mol. The fourth-order valence-corrected chi connectivity index (χ4v) is 2.95. The van der Waals surface area contributed by atoms with Crippen molar-refractivity contribution in [3.05, 3.63) is 29.8 Å². The summed E-state index contributed by atoms with van der Waals surface area (Å²) in [6.07, 6.45) is 0. The minimum Gasteiger partial charge on any atom is -0.384 e. The fourth-order valence-electron chi connectivity index (χ4n) is 1.79. The van der Waals surface area contributed by atoms with Crippen molar-refractivity contribution < 1.29 is 13.2 Å². The fraction of sp³-hybridized carbons (Fsp3) is 0.600. The predicted octanol–water partition coefficient (Wildman–Crippen LogP) is 1.75. The summed E-state index contributed by atoms with van der Waals surface area (Å²) in [5, 5.41) is 3.30. The second-order valence-corrected chi connectivity index (χ2v) is 7.36. The van der Waals surface area contributed by atoms with Crippen LogP contribution in [0.25, 0.3) is 0 Å². The van der Waals surface area contributed by atoms with E-state index in [0.717, 1.165) is 12.1 Å². The van der Waals surface area contributed by atoms with Crippen molar-refractivity contribution in [1.29, 1.82) is 0 Å². The summed E-state index contributed by atoms with van der Waals surface area (Å²) >= 11 is 0. The maximum absolute atomic E-state index is 12.2. The summed E-state index contributed by atoms with van der Waals surface area (Å²) in [4.78, 5) is 0.292. The molecule has 0 saturated heterocycles. The molecule has 2 N–H and O–H groups in total. The third kappa shape index (κ3) is 6.56. The molecule has 120 valence electrons. The Kier molecular flexibility index (Phi) is 7.31. The van der Waals surface area contributed by atoms with Crippen LogP contribution in [-0.4, -0.2) is 34.7 Å². The van der Waals surface area contributed by atoms with E-state index < -0.39 is 10.0 Å². The smallest absolute Gasteiger partial charge is 0.240 e. The van der Waals surface area contributed by atoms with E-state index in [1.807, 2.05) is 19.1 Å². The highest BCUT2D eigenvalue weighted by atomic mass is 32.2. The molecule has 0 aliphatic heterocycles. The van der Waals surface area contributed by atoms with E-state index in [4.69, 9.17) is 4.74 Å². The maximum Gasteiger partial charge on any atom is 0.240 e. The van der Waals surface area contributed by atoms with Crippen LogP contribution in [0.5, 0.6) is 0 Å². The van der Waals surface area contributed by atoms with E-state index in [-0.39, 0.29) is 5.92 Å². The summed E-state index contributed by atoms with van der Waals surface area (Å²) < 4.78 is 31.9. The lowest BCUT2D eigenvalue weighted by Gasteiger charge is -2.12. The molecule has 0 saturated carbocycles. The van der Waals surface area contributed by atoms with Crippen LogP contribution in [-0.2, 0) is 21.3 Å². The zero-order chi connectivity index (χ0) is 15.9. The first kappa shape index (κ1) is 18.1. The molecule has 1 rings (SSSR count). The van der Waals surface area contributed by atoms with Gasteiger partial charge in [0.15, 0.2) is 0 Å². The molecule has 0 bridgehead atoms. The molecule has 0 spiro atoms. The minimum atomic E-state index is -3.45. The van der Waals surface area contributed by atoms with E-state index >= 15 is 0 Å². The van der Waals surface area contributed by atoms with Gasteiger partial charge in [0, 0.05) is 32.8 Å². The number of methoxy groups -OCH3 is 1. The second-order valence-electron chi connectivity index (χ2n) is 5.59. The van der Waals surface area contributed by atoms with Gasteiger partial charge in [-0.1, -0.05) is 32.9 Å². The predicted molar refractivity (Wildman–Crippen MR) is 84.6 cm³/mol. The van der Waals surface area contributed by atoms with Crippen molar-refractivity contribution in [2.75, 3.05) is 20.3 Å². The molecule has 0 aliphatic rings. The number of rotatable bonds is 9. The van der Waals surface area contributed by atoms with Gasteiger partial charge in [0.05, 0.1) is 4.90 Å². The summed E-state index contributed by atoms with van der Waals surface area (Å²) in [6.45, 7) is 7.71. The van der Waals surface area contributed by atoms with Gasteiger partial charge in [0.1, 0.15) is 0 Å². The lowest BCUT2D eigenvalue weighted by Crippen LogP contribution is -2.30. The van der Waals surface area contributed by atoms with Crippen LogP contribution in [0.4, 0.5) is 0 Å². The van der Waals surface area contributed by atoms with Crippen molar-refractivity contribution in [3.63, 3.8) is 0 Å². The van der Waals surface area contributed by atoms with Crippen molar-refractivity contribution in [3.8, 4) is 0 Å². The number of hydrogen-bond acceptors (Lipinski definition) is 4. The van der Waals surface area contributed by atoms with Crippen LogP contribution in [0.2, 0.25) is 0 Å². The Balaban J connectivity index is 2.62. The summed E-state index contributed by atoms with van der Waals surface area (Å²) in [5.74, 6) is 0.138. The van der Waals surface area contributed by atoms with Gasteiger partial charge < -0.3 is 10.1 Å². The van der Waals surface area contributed by atoms with Gasteiger partial charge in [-0.2, -0.15) is 0 Å². The highest BCUT2D eigenvalue weighted by molar-refractivity contribution is 7.89. The third-order valence-corrected chi connectivity index (χ3v) is 4.46. The molecule has 0 aliphatic carbocycles. The molecule has 0 radical (unpaired) electrons. The maximum atomic E-state index is 12.2. The molecule has 6 heteroatoms. The largest absolute Gasteiger partial charge is 0.384 e. The molecule has 1 atom stereocenters. The monoisotopic (exact) mass is 314 g/mol. The standard InChI is InChI=1S/C15H26N2O3S/c1-12(2)16-10-14-5-7-15(8-6-14)21(18,19)17-9-13(3)11-20-4/h5-8,12-13,16-17H,9-11H2,1-4H3. The molecule has 1 aromatic carbocycles. The molecule has 1 unspecified atom stereocenters. The van der Waals surface area contributed by atoms with Crippen LogP contribution in [0.1, 0.15) is 26.3 Å². The van der Waals surface area contributed by atoms with E-state index in [1.54, 1.807) is 19.2 Å². The zero-order valence-corrected chi connectivity index (χ0v) is 14.0. The van der Waals surface area contributed by atoms with Crippen LogP contribution < -0.4 is 10.0 Å². The Labute approximate surface area is 128 Å². The molecule has 5 nitrogen and oxygen atoms in total. The molecule has 0 fully saturated rings. The van der Waals surface area contributed by atoms with Crippen molar-refractivity contribution in [1.82, 2.24) is 10.0 Å². The average Bonchev–Trinajstić information content (AvgIpc) is 2.44. The SMILES string of the molecule is COCC(C)CNS(=O)(=O)c1ccc(CNC(C)C)cc1. The van der Waals surface area contributed by atoms with Crippen LogP contribution in [0.3, 0.4) is 0 Å². The first-order valence-corrected chi connectivity index (χ1v) is 8.64. The van der Waals surface area contributed by atoms with Gasteiger partial charge in [-0.3, -0.25) is 0 Å². The van der Waals surface area contributed by atoms with Crippen molar-refractivity contribution >= 4 is 10.0 Å². The molecule has 0 amide bonds. The third-order valence-electron chi connectivity index (χ3n) is 3.02. The van der Waals surface area contributed by atoms with E-state index in [9.17, 15) is 8.42 Å².